The number of nitrogens with one attached hydrogen (secondary N) is 2. The lowest BCUT2D eigenvalue weighted by molar-refractivity contribution is 0.178. The first-order valence-corrected chi connectivity index (χ1v) is 6.18. The van der Waals surface area contributed by atoms with Crippen molar-refractivity contribution >= 4 is 17.8 Å². The molecule has 1 saturated heterocycles. The lowest BCUT2D eigenvalue weighted by Crippen LogP contribution is -2.47. The molecule has 0 bridgehead atoms. The summed E-state index contributed by atoms with van der Waals surface area (Å²) in [4.78, 5) is 16.8. The van der Waals surface area contributed by atoms with E-state index in [0.29, 0.717) is 17.8 Å². The molecule has 0 unspecified atom stereocenters. The van der Waals surface area contributed by atoms with Crippen molar-refractivity contribution in [1.29, 1.82) is 0 Å². The fourth-order valence-corrected chi connectivity index (χ4v) is 1.74. The zero-order chi connectivity index (χ0) is 13.8. The lowest BCUT2D eigenvalue weighted by Gasteiger charge is -2.32. The third kappa shape index (κ3) is 3.63. The van der Waals surface area contributed by atoms with Gasteiger partial charge in [0, 0.05) is 40.3 Å². The summed E-state index contributed by atoms with van der Waals surface area (Å²) in [7, 11) is 5.85. The van der Waals surface area contributed by atoms with E-state index >= 15 is 0 Å². The highest BCUT2D eigenvalue weighted by molar-refractivity contribution is 5.41. The van der Waals surface area contributed by atoms with Gasteiger partial charge in [0.2, 0.25) is 17.8 Å². The van der Waals surface area contributed by atoms with Crippen LogP contribution in [0.1, 0.15) is 0 Å². The predicted octanol–water partition coefficient (Wildman–Crippen LogP) is -1.20. The zero-order valence-corrected chi connectivity index (χ0v) is 11.6. The van der Waals surface area contributed by atoms with E-state index in [1.807, 2.05) is 14.1 Å². The van der Waals surface area contributed by atoms with Gasteiger partial charge in [-0.2, -0.15) is 15.0 Å². The van der Waals surface area contributed by atoms with E-state index in [1.165, 1.54) is 0 Å². The Kier molecular flexibility index (Phi) is 4.30. The third-order valence-electron chi connectivity index (χ3n) is 2.91. The predicted molar refractivity (Wildman–Crippen MR) is 74.7 cm³/mol. The first-order chi connectivity index (χ1) is 9.08. The summed E-state index contributed by atoms with van der Waals surface area (Å²) in [6.07, 6.45) is 0. The van der Waals surface area contributed by atoms with Crippen LogP contribution >= 0.6 is 0 Å². The molecule has 9 nitrogen and oxygen atoms in total. The maximum Gasteiger partial charge on any atom is 0.244 e. The van der Waals surface area contributed by atoms with Crippen molar-refractivity contribution in [1.82, 2.24) is 24.9 Å². The molecular formula is C10H21N9. The molecule has 0 amide bonds. The molecule has 1 aromatic heterocycles. The summed E-state index contributed by atoms with van der Waals surface area (Å²) in [5.41, 5.74) is 5.64. The SMILES string of the molecule is CN1CCN(Nc2nc(NN)nc(N(C)C)n2)CC1. The first-order valence-electron chi connectivity index (χ1n) is 6.18. The summed E-state index contributed by atoms with van der Waals surface area (Å²) in [6.45, 7) is 3.87. The Hall–Kier alpha value is -1.71. The van der Waals surface area contributed by atoms with Crippen LogP contribution in [0.2, 0.25) is 0 Å². The minimum absolute atomic E-state index is 0.343. The van der Waals surface area contributed by atoms with Crippen LogP contribution in [-0.4, -0.2) is 72.2 Å². The second kappa shape index (κ2) is 5.95. The van der Waals surface area contributed by atoms with Gasteiger partial charge in [-0.05, 0) is 7.05 Å². The van der Waals surface area contributed by atoms with E-state index in [4.69, 9.17) is 5.84 Å². The standard InChI is InChI=1S/C10H21N9/c1-17(2)10-13-8(15-11)12-9(14-10)16-19-6-4-18(3)5-7-19/h4-7,11H2,1-3H3,(H2,12,13,14,15,16). The minimum Gasteiger partial charge on any atom is -0.347 e. The van der Waals surface area contributed by atoms with Crippen molar-refractivity contribution in [3.8, 4) is 0 Å². The van der Waals surface area contributed by atoms with Gasteiger partial charge >= 0.3 is 0 Å². The number of likely N-dealkylation sites (N-methyl/N-ethyl adjacent to an activating group) is 1. The second-order valence-electron chi connectivity index (χ2n) is 4.72. The lowest BCUT2D eigenvalue weighted by atomic mass is 10.4. The summed E-state index contributed by atoms with van der Waals surface area (Å²) < 4.78 is 0. The van der Waals surface area contributed by atoms with Crippen LogP contribution < -0.4 is 21.6 Å². The number of aromatic nitrogens is 3. The molecule has 106 valence electrons. The number of nitrogen functional groups attached to an aromatic ring is 1. The molecule has 1 aliphatic rings. The Labute approximate surface area is 112 Å². The number of rotatable bonds is 4. The highest BCUT2D eigenvalue weighted by Gasteiger charge is 2.15. The Balaban J connectivity index is 2.08. The number of hydrogen-bond donors (Lipinski definition) is 3. The van der Waals surface area contributed by atoms with Crippen molar-refractivity contribution in [2.75, 3.05) is 63.1 Å². The van der Waals surface area contributed by atoms with Crippen LogP contribution in [0.5, 0.6) is 0 Å². The van der Waals surface area contributed by atoms with Gasteiger partial charge in [-0.15, -0.1) is 0 Å². The van der Waals surface area contributed by atoms with Gasteiger partial charge in [-0.3, -0.25) is 10.9 Å². The number of nitrogens with zero attached hydrogens (tertiary/aromatic N) is 6. The topological polar surface area (TPSA) is 98.5 Å². The van der Waals surface area contributed by atoms with Gasteiger partial charge in [0.25, 0.3) is 0 Å². The molecule has 19 heavy (non-hydrogen) atoms. The average Bonchev–Trinajstić information content (AvgIpc) is 2.41. The van der Waals surface area contributed by atoms with Gasteiger partial charge in [-0.1, -0.05) is 0 Å². The Morgan fingerprint density at radius 2 is 1.68 bits per heavy atom. The molecule has 0 spiro atoms. The van der Waals surface area contributed by atoms with E-state index in [0.717, 1.165) is 26.2 Å². The Morgan fingerprint density at radius 1 is 1.05 bits per heavy atom. The summed E-state index contributed by atoms with van der Waals surface area (Å²) in [5.74, 6) is 6.76. The highest BCUT2D eigenvalue weighted by atomic mass is 15.6. The third-order valence-corrected chi connectivity index (χ3v) is 2.91. The summed E-state index contributed by atoms with van der Waals surface area (Å²) in [5, 5.41) is 2.09. The molecule has 2 rings (SSSR count). The fourth-order valence-electron chi connectivity index (χ4n) is 1.74. The monoisotopic (exact) mass is 267 g/mol. The molecule has 0 aliphatic carbocycles. The highest BCUT2D eigenvalue weighted by Crippen LogP contribution is 2.11. The molecule has 9 heteroatoms. The molecule has 1 aromatic rings. The van der Waals surface area contributed by atoms with Crippen LogP contribution in [0.3, 0.4) is 0 Å². The Bertz CT molecular complexity index is 413. The molecule has 0 saturated carbocycles. The largest absolute Gasteiger partial charge is 0.347 e. The quantitative estimate of drug-likeness (QED) is 0.459. The van der Waals surface area contributed by atoms with Crippen LogP contribution in [0, 0.1) is 0 Å². The second-order valence-corrected chi connectivity index (χ2v) is 4.72. The van der Waals surface area contributed by atoms with Gasteiger partial charge in [0.05, 0.1) is 0 Å². The van der Waals surface area contributed by atoms with Crippen molar-refractivity contribution in [3.63, 3.8) is 0 Å². The van der Waals surface area contributed by atoms with Gasteiger partial charge < -0.3 is 9.80 Å². The number of anilines is 3. The normalized spacial score (nSPS) is 17.3. The van der Waals surface area contributed by atoms with E-state index < -0.39 is 0 Å². The van der Waals surface area contributed by atoms with E-state index in [-0.39, 0.29) is 0 Å². The number of hydrogen-bond acceptors (Lipinski definition) is 9. The molecule has 2 heterocycles. The number of hydrazine groups is 2. The zero-order valence-electron chi connectivity index (χ0n) is 11.6. The summed E-state index contributed by atoms with van der Waals surface area (Å²) in [6, 6.07) is 0. The van der Waals surface area contributed by atoms with E-state index in [1.54, 1.807) is 4.90 Å². The van der Waals surface area contributed by atoms with Gasteiger partial charge in [-0.25, -0.2) is 10.9 Å². The van der Waals surface area contributed by atoms with Crippen LogP contribution in [0.15, 0.2) is 0 Å². The maximum atomic E-state index is 5.37. The molecule has 0 aromatic carbocycles. The molecule has 4 N–H and O–H groups in total. The van der Waals surface area contributed by atoms with Crippen molar-refractivity contribution in [2.45, 2.75) is 0 Å². The average molecular weight is 267 g/mol. The molecule has 0 radical (unpaired) electrons. The van der Waals surface area contributed by atoms with Crippen molar-refractivity contribution in [3.05, 3.63) is 0 Å². The number of piperazine rings is 1. The van der Waals surface area contributed by atoms with Crippen LogP contribution in [0.4, 0.5) is 17.8 Å². The summed E-state index contributed by atoms with van der Waals surface area (Å²) >= 11 is 0. The minimum atomic E-state index is 0.343. The first kappa shape index (κ1) is 13.7. The number of nitrogens with two attached hydrogens (primary N) is 1. The van der Waals surface area contributed by atoms with Gasteiger partial charge in [0.1, 0.15) is 0 Å². The van der Waals surface area contributed by atoms with E-state index in [2.05, 4.69) is 42.8 Å². The molecule has 0 atom stereocenters. The molecule has 1 aliphatic heterocycles. The van der Waals surface area contributed by atoms with Crippen LogP contribution in [-0.2, 0) is 0 Å². The van der Waals surface area contributed by atoms with E-state index in [9.17, 15) is 0 Å². The fraction of sp³-hybridized carbons (Fsp3) is 0.700. The smallest absolute Gasteiger partial charge is 0.244 e. The maximum absolute atomic E-state index is 5.37. The molecular weight excluding hydrogens is 246 g/mol. The van der Waals surface area contributed by atoms with Crippen LogP contribution in [0.25, 0.3) is 0 Å². The molecule has 1 fully saturated rings. The Morgan fingerprint density at radius 3 is 2.26 bits per heavy atom. The van der Waals surface area contributed by atoms with Crippen molar-refractivity contribution in [2.24, 2.45) is 5.84 Å². The van der Waals surface area contributed by atoms with Crippen molar-refractivity contribution < 1.29 is 0 Å². The van der Waals surface area contributed by atoms with Gasteiger partial charge in [0.15, 0.2) is 0 Å².